The number of amides is 4. The zero-order valence-corrected chi connectivity index (χ0v) is 28.9. The van der Waals surface area contributed by atoms with Crippen molar-refractivity contribution in [2.75, 3.05) is 34.9 Å². The van der Waals surface area contributed by atoms with Crippen LogP contribution in [0.5, 0.6) is 0 Å². The molecule has 0 spiro atoms. The molecule has 0 aromatic heterocycles. The molecule has 0 fully saturated rings. The van der Waals surface area contributed by atoms with Crippen LogP contribution in [0.3, 0.4) is 0 Å². The number of rotatable bonds is 7. The number of anilines is 3. The summed E-state index contributed by atoms with van der Waals surface area (Å²) >= 11 is 0. The molecule has 3 aromatic rings. The van der Waals surface area contributed by atoms with Gasteiger partial charge in [-0.05, 0) is 55.7 Å². The zero-order valence-electron chi connectivity index (χ0n) is 28.9. The number of fused-ring (bicyclic) bond motifs is 3. The number of hydrogen-bond donors (Lipinski definition) is 1. The normalized spacial score (nSPS) is 14.2. The van der Waals surface area contributed by atoms with E-state index in [2.05, 4.69) is 5.32 Å². The van der Waals surface area contributed by atoms with Gasteiger partial charge in [0.05, 0.1) is 58.8 Å². The van der Waals surface area contributed by atoms with Gasteiger partial charge in [0.2, 0.25) is 11.8 Å². The van der Waals surface area contributed by atoms with Crippen LogP contribution in [-0.4, -0.2) is 71.0 Å². The quantitative estimate of drug-likeness (QED) is 0.125. The molecular formula is C34H36N6O15. The first-order valence-electron chi connectivity index (χ1n) is 16.1. The minimum absolute atomic E-state index is 0. The highest BCUT2D eigenvalue weighted by Gasteiger charge is 2.39. The molecule has 0 aliphatic carbocycles. The topological polar surface area (TPSA) is 270 Å². The standard InChI is InChI=1S/C14H16N2O7.C11H10N2O5.C8H6N2O3.CH4/c1-3-21-13(17)15-11-6-5-10(16(19)20)7-9(11)8-12(15)23-14(18)22-4-2;1-2-18-11(15)12-9-4-3-8(13(16)17)5-7(9)6-10(12)14;11-8-4-5-3-6(10(12)13)1-2-7(5)9-8;/h5-7,12H,3-4,8H2,1-2H3;3-5H,2,6H2,1H3;1-3H,4H2,(H,9,11);1H4. The maximum Gasteiger partial charge on any atom is 0.510 e. The highest BCUT2D eigenvalue weighted by atomic mass is 16.7. The van der Waals surface area contributed by atoms with Gasteiger partial charge in [-0.1, -0.05) is 7.43 Å². The van der Waals surface area contributed by atoms with Crippen molar-refractivity contribution in [3.63, 3.8) is 0 Å². The van der Waals surface area contributed by atoms with E-state index < -0.39 is 45.2 Å². The maximum absolute atomic E-state index is 12.1. The summed E-state index contributed by atoms with van der Waals surface area (Å²) < 4.78 is 19.5. The molecule has 0 radical (unpaired) electrons. The van der Waals surface area contributed by atoms with E-state index in [1.165, 1.54) is 48.5 Å². The van der Waals surface area contributed by atoms with E-state index in [-0.39, 0.29) is 69.5 Å². The molecule has 0 saturated carbocycles. The van der Waals surface area contributed by atoms with Crippen LogP contribution in [-0.2, 0) is 47.8 Å². The molecule has 292 valence electrons. The van der Waals surface area contributed by atoms with Crippen LogP contribution in [0.1, 0.15) is 44.9 Å². The summed E-state index contributed by atoms with van der Waals surface area (Å²) in [7, 11) is 0. The van der Waals surface area contributed by atoms with Crippen LogP contribution in [0.15, 0.2) is 54.6 Å². The van der Waals surface area contributed by atoms with Gasteiger partial charge >= 0.3 is 18.3 Å². The van der Waals surface area contributed by atoms with E-state index in [4.69, 9.17) is 18.9 Å². The van der Waals surface area contributed by atoms with Crippen LogP contribution in [0.2, 0.25) is 0 Å². The summed E-state index contributed by atoms with van der Waals surface area (Å²) in [5.74, 6) is -0.556. The Balaban J connectivity index is 0.000000228. The lowest BCUT2D eigenvalue weighted by Gasteiger charge is -2.23. The Morgan fingerprint density at radius 1 is 0.709 bits per heavy atom. The van der Waals surface area contributed by atoms with E-state index >= 15 is 0 Å². The summed E-state index contributed by atoms with van der Waals surface area (Å²) in [5, 5.41) is 34.5. The summed E-state index contributed by atoms with van der Waals surface area (Å²) in [6, 6.07) is 12.3. The Morgan fingerprint density at radius 3 is 1.78 bits per heavy atom. The molecule has 3 aliphatic rings. The second-order valence-corrected chi connectivity index (χ2v) is 11.1. The first-order chi connectivity index (χ1) is 25.7. The van der Waals surface area contributed by atoms with Crippen molar-refractivity contribution in [2.24, 2.45) is 0 Å². The Kier molecular flexibility index (Phi) is 14.2. The minimum Gasteiger partial charge on any atom is -0.449 e. The van der Waals surface area contributed by atoms with Crippen LogP contribution in [0.25, 0.3) is 0 Å². The number of benzene rings is 3. The maximum atomic E-state index is 12.1. The number of hydrogen-bond acceptors (Lipinski definition) is 15. The average Bonchev–Trinajstić information content (AvgIpc) is 3.78. The molecule has 1 unspecified atom stereocenters. The molecule has 0 saturated heterocycles. The molecule has 1 atom stereocenters. The summed E-state index contributed by atoms with van der Waals surface area (Å²) in [6.45, 7) is 5.33. The Labute approximate surface area is 312 Å². The molecule has 3 heterocycles. The summed E-state index contributed by atoms with van der Waals surface area (Å²) in [5.41, 5.74) is 2.91. The first-order valence-corrected chi connectivity index (χ1v) is 16.1. The van der Waals surface area contributed by atoms with Crippen LogP contribution < -0.4 is 15.1 Å². The fraction of sp³-hybridized carbons (Fsp3) is 0.324. The van der Waals surface area contributed by atoms with Crippen molar-refractivity contribution in [2.45, 2.75) is 53.7 Å². The van der Waals surface area contributed by atoms with Crippen LogP contribution >= 0.6 is 0 Å². The third kappa shape index (κ3) is 10.0. The number of non-ortho nitro benzene ring substituents is 3. The van der Waals surface area contributed by atoms with E-state index in [9.17, 15) is 54.3 Å². The van der Waals surface area contributed by atoms with E-state index in [1.807, 2.05) is 0 Å². The molecule has 55 heavy (non-hydrogen) atoms. The van der Waals surface area contributed by atoms with Crippen LogP contribution in [0.4, 0.5) is 48.5 Å². The van der Waals surface area contributed by atoms with Gasteiger partial charge in [-0.2, -0.15) is 0 Å². The number of imide groups is 1. The van der Waals surface area contributed by atoms with Gasteiger partial charge in [-0.3, -0.25) is 39.9 Å². The molecule has 6 rings (SSSR count). The van der Waals surface area contributed by atoms with Gasteiger partial charge in [0.15, 0.2) is 6.23 Å². The van der Waals surface area contributed by atoms with Gasteiger partial charge in [0, 0.05) is 48.5 Å². The molecule has 4 amide bonds. The molecule has 0 bridgehead atoms. The molecule has 1 N–H and O–H groups in total. The van der Waals surface area contributed by atoms with Crippen LogP contribution in [0, 0.1) is 30.3 Å². The Bertz CT molecular complexity index is 2020. The van der Waals surface area contributed by atoms with E-state index in [0.717, 1.165) is 9.80 Å². The summed E-state index contributed by atoms with van der Waals surface area (Å²) in [4.78, 5) is 90.2. The molecule has 21 heteroatoms. The van der Waals surface area contributed by atoms with Gasteiger partial charge in [0.25, 0.3) is 17.1 Å². The van der Waals surface area contributed by atoms with Crippen molar-refractivity contribution in [3.05, 3.63) is 102 Å². The number of ether oxygens (including phenoxy) is 4. The zero-order chi connectivity index (χ0) is 39.7. The lowest BCUT2D eigenvalue weighted by molar-refractivity contribution is -0.385. The molecule has 21 nitrogen and oxygen atoms in total. The van der Waals surface area contributed by atoms with Crippen molar-refractivity contribution in [3.8, 4) is 0 Å². The third-order valence-corrected chi connectivity index (χ3v) is 7.66. The number of nitro groups is 3. The smallest absolute Gasteiger partial charge is 0.449 e. The molecule has 3 aliphatic heterocycles. The lowest BCUT2D eigenvalue weighted by atomic mass is 10.1. The first kappa shape index (κ1) is 42.2. The monoisotopic (exact) mass is 768 g/mol. The fourth-order valence-electron chi connectivity index (χ4n) is 5.42. The van der Waals surface area contributed by atoms with Gasteiger partial charge in [-0.15, -0.1) is 0 Å². The van der Waals surface area contributed by atoms with Gasteiger partial charge in [-0.25, -0.2) is 24.2 Å². The van der Waals surface area contributed by atoms with Gasteiger partial charge < -0.3 is 24.3 Å². The average molecular weight is 769 g/mol. The van der Waals surface area contributed by atoms with Crippen molar-refractivity contribution < 1.29 is 57.7 Å². The number of carbonyl (C=O) groups is 5. The largest absolute Gasteiger partial charge is 0.510 e. The predicted molar refractivity (Wildman–Crippen MR) is 192 cm³/mol. The van der Waals surface area contributed by atoms with E-state index in [0.29, 0.717) is 33.8 Å². The highest BCUT2D eigenvalue weighted by Crippen LogP contribution is 2.36. The number of nitrogens with one attached hydrogen (secondary N) is 1. The van der Waals surface area contributed by atoms with Gasteiger partial charge in [0.1, 0.15) is 0 Å². The Morgan fingerprint density at radius 2 is 1.22 bits per heavy atom. The number of nitro benzene ring substituents is 3. The predicted octanol–water partition coefficient (Wildman–Crippen LogP) is 5.98. The van der Waals surface area contributed by atoms with Crippen molar-refractivity contribution in [1.82, 2.24) is 0 Å². The lowest BCUT2D eigenvalue weighted by Crippen LogP contribution is -2.41. The SMILES string of the molecule is C.CCOC(=O)N1C(=O)Cc2cc([N+](=O)[O-])ccc21.CCOC(=O)OC1Cc2cc([N+](=O)[O-])ccc2N1C(=O)OCC.O=C1Cc2cc([N+](=O)[O-])ccc2N1. The second kappa shape index (κ2) is 18.5. The minimum atomic E-state index is -0.967. The number of nitrogens with zero attached hydrogens (tertiary/aromatic N) is 5. The number of carbonyl (C=O) groups excluding carboxylic acids is 5. The second-order valence-electron chi connectivity index (χ2n) is 11.1. The Hall–Kier alpha value is -7.19. The highest BCUT2D eigenvalue weighted by molar-refractivity contribution is 6.17. The summed E-state index contributed by atoms with van der Waals surface area (Å²) in [6.07, 6.45) is -3.02. The van der Waals surface area contributed by atoms with Crippen molar-refractivity contribution >= 4 is 64.3 Å². The fourth-order valence-corrected chi connectivity index (χ4v) is 5.42. The molecule has 3 aromatic carbocycles. The third-order valence-electron chi connectivity index (χ3n) is 7.66. The van der Waals surface area contributed by atoms with E-state index in [1.54, 1.807) is 26.8 Å². The molecular weight excluding hydrogens is 732 g/mol. The van der Waals surface area contributed by atoms with Crippen molar-refractivity contribution in [1.29, 1.82) is 0 Å².